The smallest absolute Gasteiger partial charge is 0.251 e. The third-order valence-electron chi connectivity index (χ3n) is 4.92. The van der Waals surface area contributed by atoms with E-state index in [0.717, 1.165) is 43.9 Å². The second-order valence-corrected chi connectivity index (χ2v) is 6.46. The number of amides is 1. The molecule has 0 aromatic heterocycles. The summed E-state index contributed by atoms with van der Waals surface area (Å²) in [4.78, 5) is 14.9. The van der Waals surface area contributed by atoms with E-state index in [0.29, 0.717) is 6.54 Å². The molecule has 4 heteroatoms. The minimum absolute atomic E-state index is 0.00709. The SMILES string of the molecule is CCN(CC)Cc1ccccc1CNC(=O)c1ccc2c(c1)CCN2. The highest BCUT2D eigenvalue weighted by molar-refractivity contribution is 5.95. The molecule has 1 amide bonds. The van der Waals surface area contributed by atoms with Gasteiger partial charge >= 0.3 is 0 Å². The zero-order valence-electron chi connectivity index (χ0n) is 15.1. The molecule has 2 aromatic rings. The van der Waals surface area contributed by atoms with E-state index < -0.39 is 0 Å². The highest BCUT2D eigenvalue weighted by atomic mass is 16.1. The average Bonchev–Trinajstić information content (AvgIpc) is 3.12. The highest BCUT2D eigenvalue weighted by Gasteiger charge is 2.14. The van der Waals surface area contributed by atoms with Crippen LogP contribution >= 0.6 is 0 Å². The second kappa shape index (κ2) is 8.17. The van der Waals surface area contributed by atoms with Crippen molar-refractivity contribution in [3.05, 3.63) is 64.7 Å². The Bertz CT molecular complexity index is 738. The molecule has 132 valence electrons. The van der Waals surface area contributed by atoms with Crippen LogP contribution in [0, 0.1) is 0 Å². The lowest BCUT2D eigenvalue weighted by Crippen LogP contribution is -2.26. The summed E-state index contributed by atoms with van der Waals surface area (Å²) < 4.78 is 0. The summed E-state index contributed by atoms with van der Waals surface area (Å²) >= 11 is 0. The maximum absolute atomic E-state index is 12.5. The highest BCUT2D eigenvalue weighted by Crippen LogP contribution is 2.23. The van der Waals surface area contributed by atoms with Crippen molar-refractivity contribution in [2.24, 2.45) is 0 Å². The Morgan fingerprint density at radius 3 is 2.64 bits per heavy atom. The van der Waals surface area contributed by atoms with Crippen LogP contribution in [0.5, 0.6) is 0 Å². The number of nitrogens with zero attached hydrogens (tertiary/aromatic N) is 1. The van der Waals surface area contributed by atoms with Gasteiger partial charge in [0.1, 0.15) is 0 Å². The van der Waals surface area contributed by atoms with E-state index in [4.69, 9.17) is 0 Å². The largest absolute Gasteiger partial charge is 0.384 e. The molecule has 1 heterocycles. The summed E-state index contributed by atoms with van der Waals surface area (Å²) in [5, 5.41) is 6.40. The number of carbonyl (C=O) groups is 1. The Morgan fingerprint density at radius 2 is 1.88 bits per heavy atom. The third-order valence-corrected chi connectivity index (χ3v) is 4.92. The molecule has 0 radical (unpaired) electrons. The van der Waals surface area contributed by atoms with Crippen molar-refractivity contribution >= 4 is 11.6 Å². The normalized spacial score (nSPS) is 12.8. The van der Waals surface area contributed by atoms with E-state index in [9.17, 15) is 4.79 Å². The lowest BCUT2D eigenvalue weighted by molar-refractivity contribution is 0.0950. The lowest BCUT2D eigenvalue weighted by Gasteiger charge is -2.20. The first-order chi connectivity index (χ1) is 12.2. The van der Waals surface area contributed by atoms with Gasteiger partial charge in [0.2, 0.25) is 0 Å². The van der Waals surface area contributed by atoms with Crippen LogP contribution in [0.4, 0.5) is 5.69 Å². The average molecular weight is 337 g/mol. The van der Waals surface area contributed by atoms with Gasteiger partial charge in [-0.25, -0.2) is 0 Å². The molecule has 1 aliphatic heterocycles. The van der Waals surface area contributed by atoms with Gasteiger partial charge in [0.25, 0.3) is 5.91 Å². The fraction of sp³-hybridized carbons (Fsp3) is 0.381. The van der Waals surface area contributed by atoms with Crippen LogP contribution in [0.15, 0.2) is 42.5 Å². The van der Waals surface area contributed by atoms with E-state index in [1.807, 2.05) is 24.3 Å². The summed E-state index contributed by atoms with van der Waals surface area (Å²) in [6.07, 6.45) is 0.989. The molecule has 0 atom stereocenters. The van der Waals surface area contributed by atoms with Crippen LogP contribution in [0.1, 0.15) is 40.9 Å². The van der Waals surface area contributed by atoms with Crippen molar-refractivity contribution in [1.29, 1.82) is 0 Å². The van der Waals surface area contributed by atoms with Crippen LogP contribution in [0.25, 0.3) is 0 Å². The van der Waals surface area contributed by atoms with Gasteiger partial charge in [-0.15, -0.1) is 0 Å². The Hall–Kier alpha value is -2.33. The molecule has 0 aliphatic carbocycles. The van der Waals surface area contributed by atoms with Crippen molar-refractivity contribution in [3.63, 3.8) is 0 Å². The van der Waals surface area contributed by atoms with Crippen molar-refractivity contribution in [1.82, 2.24) is 10.2 Å². The molecular formula is C21H27N3O. The first-order valence-electron chi connectivity index (χ1n) is 9.15. The molecule has 0 saturated carbocycles. The molecule has 3 rings (SSSR count). The van der Waals surface area contributed by atoms with Crippen molar-refractivity contribution < 1.29 is 4.79 Å². The molecule has 0 saturated heterocycles. The Labute approximate surface area is 150 Å². The summed E-state index contributed by atoms with van der Waals surface area (Å²) in [6.45, 7) is 8.85. The van der Waals surface area contributed by atoms with Gasteiger partial charge in [-0.05, 0) is 54.4 Å². The molecule has 2 aromatic carbocycles. The van der Waals surface area contributed by atoms with Crippen molar-refractivity contribution in [3.8, 4) is 0 Å². The van der Waals surface area contributed by atoms with Gasteiger partial charge in [-0.2, -0.15) is 0 Å². The Kier molecular flexibility index (Phi) is 5.71. The monoisotopic (exact) mass is 337 g/mol. The van der Waals surface area contributed by atoms with Crippen molar-refractivity contribution in [2.75, 3.05) is 25.0 Å². The first kappa shape index (κ1) is 17.5. The molecule has 4 nitrogen and oxygen atoms in total. The number of benzene rings is 2. The summed E-state index contributed by atoms with van der Waals surface area (Å²) in [6, 6.07) is 14.3. The van der Waals surface area contributed by atoms with Gasteiger partial charge < -0.3 is 10.6 Å². The van der Waals surface area contributed by atoms with Crippen molar-refractivity contribution in [2.45, 2.75) is 33.4 Å². The number of fused-ring (bicyclic) bond motifs is 1. The second-order valence-electron chi connectivity index (χ2n) is 6.46. The predicted octanol–water partition coefficient (Wildman–Crippen LogP) is 3.43. The van der Waals surface area contributed by atoms with Crippen LogP contribution in [-0.2, 0) is 19.5 Å². The van der Waals surface area contributed by atoms with E-state index >= 15 is 0 Å². The molecule has 0 bridgehead atoms. The number of carbonyl (C=O) groups excluding carboxylic acids is 1. The van der Waals surface area contributed by atoms with Crippen LogP contribution in [0.3, 0.4) is 0 Å². The van der Waals surface area contributed by atoms with Gasteiger partial charge in [-0.1, -0.05) is 38.1 Å². The van der Waals surface area contributed by atoms with E-state index in [1.54, 1.807) is 0 Å². The van der Waals surface area contributed by atoms with Gasteiger partial charge in [0.05, 0.1) is 0 Å². The number of nitrogens with one attached hydrogen (secondary N) is 2. The van der Waals surface area contributed by atoms with E-state index in [2.05, 4.69) is 47.6 Å². The van der Waals surface area contributed by atoms with E-state index in [-0.39, 0.29) is 5.91 Å². The number of rotatable bonds is 7. The maximum atomic E-state index is 12.5. The lowest BCUT2D eigenvalue weighted by atomic mass is 10.1. The number of hydrogen-bond acceptors (Lipinski definition) is 3. The zero-order valence-corrected chi connectivity index (χ0v) is 15.1. The number of hydrogen-bond donors (Lipinski definition) is 2. The molecule has 2 N–H and O–H groups in total. The summed E-state index contributed by atoms with van der Waals surface area (Å²) in [5.74, 6) is -0.00709. The fourth-order valence-electron chi connectivity index (χ4n) is 3.30. The minimum atomic E-state index is -0.00709. The quantitative estimate of drug-likeness (QED) is 0.814. The minimum Gasteiger partial charge on any atom is -0.384 e. The van der Waals surface area contributed by atoms with Crippen LogP contribution in [-0.4, -0.2) is 30.4 Å². The standard InChI is InChI=1S/C21H27N3O/c1-3-24(4-2)15-19-8-6-5-7-18(19)14-23-21(25)17-9-10-20-16(13-17)11-12-22-20/h5-10,13,22H,3-4,11-12,14-15H2,1-2H3,(H,23,25). The molecule has 0 spiro atoms. The number of anilines is 1. The molecule has 25 heavy (non-hydrogen) atoms. The molecule has 1 aliphatic rings. The maximum Gasteiger partial charge on any atom is 0.251 e. The Balaban J connectivity index is 1.66. The predicted molar refractivity (Wildman–Crippen MR) is 103 cm³/mol. The fourth-order valence-corrected chi connectivity index (χ4v) is 3.30. The van der Waals surface area contributed by atoms with Gasteiger partial charge in [0, 0.05) is 30.9 Å². The zero-order chi connectivity index (χ0) is 17.6. The molecule has 0 unspecified atom stereocenters. The summed E-state index contributed by atoms with van der Waals surface area (Å²) in [5.41, 5.74) is 5.59. The molecular weight excluding hydrogens is 310 g/mol. The molecule has 0 fully saturated rings. The van der Waals surface area contributed by atoms with Crippen LogP contribution < -0.4 is 10.6 Å². The first-order valence-corrected chi connectivity index (χ1v) is 9.15. The topological polar surface area (TPSA) is 44.4 Å². The van der Waals surface area contributed by atoms with E-state index in [1.165, 1.54) is 16.7 Å². The van der Waals surface area contributed by atoms with Gasteiger partial charge in [-0.3, -0.25) is 9.69 Å². The Morgan fingerprint density at radius 1 is 1.12 bits per heavy atom. The summed E-state index contributed by atoms with van der Waals surface area (Å²) in [7, 11) is 0. The van der Waals surface area contributed by atoms with Crippen LogP contribution in [0.2, 0.25) is 0 Å². The third kappa shape index (κ3) is 4.20. The van der Waals surface area contributed by atoms with Gasteiger partial charge in [0.15, 0.2) is 0 Å².